The number of fused-ring (bicyclic) bond motifs is 1. The van der Waals surface area contributed by atoms with Crippen LogP contribution in [0.15, 0.2) is 46.2 Å². The Morgan fingerprint density at radius 3 is 2.88 bits per heavy atom. The average Bonchev–Trinajstić information content (AvgIpc) is 3.25. The van der Waals surface area contributed by atoms with Gasteiger partial charge in [0.25, 0.3) is 11.8 Å². The number of thioether (sulfide) groups is 1. The molecule has 2 amide bonds. The van der Waals surface area contributed by atoms with E-state index >= 15 is 0 Å². The molecule has 2 aromatic heterocycles. The number of carbonyl (C=O) groups excluding carboxylic acids is 2. The molecule has 1 fully saturated rings. The van der Waals surface area contributed by atoms with Gasteiger partial charge < -0.3 is 21.0 Å². The van der Waals surface area contributed by atoms with Gasteiger partial charge in [-0.1, -0.05) is 11.2 Å². The van der Waals surface area contributed by atoms with Crippen molar-refractivity contribution in [3.63, 3.8) is 0 Å². The summed E-state index contributed by atoms with van der Waals surface area (Å²) in [5.74, 6) is -2.15. The molecule has 2 atom stereocenters. The minimum absolute atomic E-state index is 0.132. The van der Waals surface area contributed by atoms with E-state index < -0.39 is 29.2 Å². The minimum Gasteiger partial charge on any atom is -0.477 e. The highest BCUT2D eigenvalue weighted by Crippen LogP contribution is 2.40. The number of thiazole rings is 1. The first-order chi connectivity index (χ1) is 15.9. The number of hydrogen-bond donors (Lipinski definition) is 3. The molecule has 0 aliphatic carbocycles. The molecule has 2 aromatic rings. The van der Waals surface area contributed by atoms with Crippen molar-refractivity contribution in [1.29, 1.82) is 0 Å². The summed E-state index contributed by atoms with van der Waals surface area (Å²) < 4.78 is 0. The number of nitrogen functional groups attached to an aromatic ring is 1. The zero-order valence-electron chi connectivity index (χ0n) is 17.0. The van der Waals surface area contributed by atoms with E-state index in [4.69, 9.17) is 10.6 Å². The number of allylic oxidation sites excluding steroid dienone is 1. The lowest BCUT2D eigenvalue weighted by atomic mass is 10.0. The summed E-state index contributed by atoms with van der Waals surface area (Å²) in [6.45, 7) is 0. The van der Waals surface area contributed by atoms with E-state index in [9.17, 15) is 19.5 Å². The zero-order valence-corrected chi connectivity index (χ0v) is 18.7. The monoisotopic (exact) mass is 487 g/mol. The molecule has 14 heteroatoms. The van der Waals surface area contributed by atoms with Crippen LogP contribution in [0, 0.1) is 0 Å². The van der Waals surface area contributed by atoms with Crippen molar-refractivity contribution in [2.45, 2.75) is 11.4 Å². The summed E-state index contributed by atoms with van der Waals surface area (Å²) >= 11 is 2.46. The maximum Gasteiger partial charge on any atom is 0.352 e. The molecule has 2 aliphatic heterocycles. The van der Waals surface area contributed by atoms with Crippen molar-refractivity contribution in [1.82, 2.24) is 25.4 Å². The Bertz CT molecular complexity index is 1190. The van der Waals surface area contributed by atoms with E-state index in [-0.39, 0.29) is 22.2 Å². The second kappa shape index (κ2) is 9.38. The third-order valence-corrected chi connectivity index (χ3v) is 6.67. The Morgan fingerprint density at radius 1 is 1.42 bits per heavy atom. The number of nitrogens with one attached hydrogen (secondary N) is 1. The second-order valence-electron chi connectivity index (χ2n) is 6.72. The quantitative estimate of drug-likeness (QED) is 0.280. The first kappa shape index (κ1) is 22.4. The molecule has 0 bridgehead atoms. The third-order valence-electron chi connectivity index (χ3n) is 4.70. The van der Waals surface area contributed by atoms with Gasteiger partial charge in [0.2, 0.25) is 0 Å². The molecule has 1 saturated heterocycles. The molecule has 4 N–H and O–H groups in total. The Labute approximate surface area is 195 Å². The lowest BCUT2D eigenvalue weighted by Crippen LogP contribution is -2.71. The second-order valence-corrected chi connectivity index (χ2v) is 8.71. The van der Waals surface area contributed by atoms with Gasteiger partial charge in [-0.2, -0.15) is 10.2 Å². The Hall–Kier alpha value is -3.78. The van der Waals surface area contributed by atoms with Crippen molar-refractivity contribution >= 4 is 57.8 Å². The van der Waals surface area contributed by atoms with Crippen molar-refractivity contribution in [2.75, 3.05) is 18.6 Å². The van der Waals surface area contributed by atoms with E-state index in [2.05, 4.69) is 25.7 Å². The lowest BCUT2D eigenvalue weighted by molar-refractivity contribution is -0.150. The topological polar surface area (TPSA) is 173 Å². The van der Waals surface area contributed by atoms with Gasteiger partial charge in [0, 0.05) is 17.3 Å². The number of rotatable bonds is 7. The highest BCUT2D eigenvalue weighted by Gasteiger charge is 2.54. The van der Waals surface area contributed by atoms with Gasteiger partial charge in [0.15, 0.2) is 10.8 Å². The molecule has 4 rings (SSSR count). The molecule has 0 saturated carbocycles. The van der Waals surface area contributed by atoms with Crippen LogP contribution >= 0.6 is 23.1 Å². The molecule has 1 unspecified atom stereocenters. The molecular formula is C19H17N7O5S2. The van der Waals surface area contributed by atoms with E-state index in [0.29, 0.717) is 17.0 Å². The van der Waals surface area contributed by atoms with Gasteiger partial charge in [0.05, 0.1) is 5.69 Å². The van der Waals surface area contributed by atoms with Crippen LogP contribution in [0.2, 0.25) is 0 Å². The van der Waals surface area contributed by atoms with E-state index in [1.165, 1.54) is 35.3 Å². The number of hydrogen-bond acceptors (Lipinski definition) is 11. The van der Waals surface area contributed by atoms with E-state index in [1.54, 1.807) is 24.3 Å². The smallest absolute Gasteiger partial charge is 0.352 e. The van der Waals surface area contributed by atoms with Crippen LogP contribution in [0.5, 0.6) is 0 Å². The summed E-state index contributed by atoms with van der Waals surface area (Å²) in [6.07, 6.45) is 4.76. The predicted octanol–water partition coefficient (Wildman–Crippen LogP) is 0.318. The predicted molar refractivity (Wildman–Crippen MR) is 121 cm³/mol. The number of β-lactam (4-membered cyclic amide) rings is 1. The largest absolute Gasteiger partial charge is 0.477 e. The number of oxime groups is 1. The molecule has 33 heavy (non-hydrogen) atoms. The molecule has 4 heterocycles. The molecule has 2 aliphatic rings. The Kier molecular flexibility index (Phi) is 6.37. The number of nitrogens with two attached hydrogens (primary N) is 1. The first-order valence-electron chi connectivity index (χ1n) is 9.41. The van der Waals surface area contributed by atoms with Gasteiger partial charge in [-0.05, 0) is 23.8 Å². The first-order valence-corrected chi connectivity index (χ1v) is 11.3. The highest BCUT2D eigenvalue weighted by molar-refractivity contribution is 8.00. The maximum absolute atomic E-state index is 12.8. The molecule has 170 valence electrons. The van der Waals surface area contributed by atoms with E-state index in [0.717, 1.165) is 11.3 Å². The highest BCUT2D eigenvalue weighted by atomic mass is 32.2. The summed E-state index contributed by atoms with van der Waals surface area (Å²) in [6, 6.07) is 2.50. The molecule has 12 nitrogen and oxygen atoms in total. The Balaban J connectivity index is 1.53. The summed E-state index contributed by atoms with van der Waals surface area (Å²) in [7, 11) is 1.27. The number of aromatic nitrogens is 3. The van der Waals surface area contributed by atoms with E-state index in [1.807, 2.05) is 0 Å². The number of anilines is 1. The fourth-order valence-corrected chi connectivity index (χ4v) is 5.13. The summed E-state index contributed by atoms with van der Waals surface area (Å²) in [5.41, 5.74) is 6.56. The lowest BCUT2D eigenvalue weighted by Gasteiger charge is -2.49. The summed E-state index contributed by atoms with van der Waals surface area (Å²) in [4.78, 5) is 47.5. The average molecular weight is 488 g/mol. The number of aliphatic carboxylic acids is 1. The SMILES string of the molecule is CON=C(C(=O)NC1C(=O)N2C(C(=O)O)=C(C=Cc3cccnn3)CS[C@@H]12)c1csc(N)n1. The molecular weight excluding hydrogens is 470 g/mol. The van der Waals surface area contributed by atoms with Gasteiger partial charge >= 0.3 is 5.97 Å². The maximum atomic E-state index is 12.8. The third kappa shape index (κ3) is 4.42. The van der Waals surface area contributed by atoms with Crippen molar-refractivity contribution in [2.24, 2.45) is 5.16 Å². The number of carbonyl (C=O) groups is 3. The van der Waals surface area contributed by atoms with Crippen LogP contribution in [0.4, 0.5) is 5.13 Å². The molecule has 0 radical (unpaired) electrons. The van der Waals surface area contributed by atoms with Gasteiger partial charge in [-0.25, -0.2) is 9.78 Å². The number of carboxylic acids is 1. The van der Waals surface area contributed by atoms with Crippen LogP contribution < -0.4 is 11.1 Å². The van der Waals surface area contributed by atoms with Gasteiger partial charge in [-0.3, -0.25) is 14.5 Å². The van der Waals surface area contributed by atoms with Gasteiger partial charge in [-0.15, -0.1) is 23.1 Å². The van der Waals surface area contributed by atoms with Crippen LogP contribution in [-0.4, -0.2) is 73.0 Å². The van der Waals surface area contributed by atoms with Crippen molar-refractivity contribution in [3.05, 3.63) is 52.4 Å². The normalized spacial score (nSPS) is 20.5. The fraction of sp³-hybridized carbons (Fsp3) is 0.211. The molecule has 0 aromatic carbocycles. The van der Waals surface area contributed by atoms with Crippen LogP contribution in [-0.2, 0) is 19.2 Å². The number of carboxylic acid groups (broad SMARTS) is 1. The van der Waals surface area contributed by atoms with Gasteiger partial charge in [0.1, 0.15) is 29.9 Å². The van der Waals surface area contributed by atoms with Crippen LogP contribution in [0.3, 0.4) is 0 Å². The minimum atomic E-state index is -1.24. The standard InChI is InChI=1S/C19H17N7O5S2/c1-31-25-12(11-8-33-19(20)22-11)15(27)23-13-16(28)26-14(18(29)30)9(7-32-17(13)26)4-5-10-3-2-6-21-24-10/h2-6,8,13,17H,7H2,1H3,(H2,20,22)(H,23,27)(H,29,30)/t13?,17-/m0/s1. The zero-order chi connectivity index (χ0) is 23.5. The van der Waals surface area contributed by atoms with Crippen molar-refractivity contribution in [3.8, 4) is 0 Å². The fourth-order valence-electron chi connectivity index (χ4n) is 3.26. The number of nitrogens with zero attached hydrogens (tertiary/aromatic N) is 5. The van der Waals surface area contributed by atoms with Crippen LogP contribution in [0.25, 0.3) is 6.08 Å². The number of amides is 2. The molecule has 0 spiro atoms. The Morgan fingerprint density at radius 2 is 2.24 bits per heavy atom. The summed E-state index contributed by atoms with van der Waals surface area (Å²) in [5, 5.41) is 25.0. The van der Waals surface area contributed by atoms with Crippen LogP contribution in [0.1, 0.15) is 11.4 Å². The van der Waals surface area contributed by atoms with Crippen molar-refractivity contribution < 1.29 is 24.3 Å².